The lowest BCUT2D eigenvalue weighted by Gasteiger charge is -2.35. The Hall–Kier alpha value is -2.33. The second-order valence-electron chi connectivity index (χ2n) is 8.58. The molecule has 9 heteroatoms. The number of halogens is 1. The van der Waals surface area contributed by atoms with Crippen molar-refractivity contribution in [1.82, 2.24) is 14.9 Å². The minimum Gasteiger partial charge on any atom is -0.395 e. The van der Waals surface area contributed by atoms with E-state index in [-0.39, 0.29) is 17.9 Å². The zero-order chi connectivity index (χ0) is 23.4. The lowest BCUT2D eigenvalue weighted by Crippen LogP contribution is -2.47. The van der Waals surface area contributed by atoms with E-state index in [9.17, 15) is 4.79 Å². The second kappa shape index (κ2) is 10.3. The molecule has 0 unspecified atom stereocenters. The number of aliphatic hydroxyl groups is 1. The van der Waals surface area contributed by atoms with Gasteiger partial charge in [-0.1, -0.05) is 41.9 Å². The molecule has 3 heterocycles. The first-order valence-corrected chi connectivity index (χ1v) is 12.6. The third-order valence-electron chi connectivity index (χ3n) is 6.05. The van der Waals surface area contributed by atoms with Gasteiger partial charge in [0.1, 0.15) is 5.82 Å². The van der Waals surface area contributed by atoms with E-state index in [2.05, 4.69) is 67.0 Å². The molecular weight excluding hydrogens is 502 g/mol. The summed E-state index contributed by atoms with van der Waals surface area (Å²) in [4.78, 5) is 26.4. The van der Waals surface area contributed by atoms with Crippen molar-refractivity contribution >= 4 is 44.1 Å². The van der Waals surface area contributed by atoms with Crippen molar-refractivity contribution < 1.29 is 9.90 Å². The maximum Gasteiger partial charge on any atom is 0.259 e. The predicted octanol–water partition coefficient (Wildman–Crippen LogP) is 3.99. The first-order valence-electron chi connectivity index (χ1n) is 10.9. The van der Waals surface area contributed by atoms with E-state index in [1.54, 1.807) is 12.3 Å². The normalized spacial score (nSPS) is 15.0. The Labute approximate surface area is 206 Å². The number of benzene rings is 1. The van der Waals surface area contributed by atoms with E-state index in [0.29, 0.717) is 17.2 Å². The largest absolute Gasteiger partial charge is 0.395 e. The van der Waals surface area contributed by atoms with Gasteiger partial charge in [-0.05, 0) is 29.8 Å². The first kappa shape index (κ1) is 23.8. The molecule has 2 aromatic heterocycles. The van der Waals surface area contributed by atoms with E-state index in [0.717, 1.165) is 47.7 Å². The van der Waals surface area contributed by atoms with Crippen LogP contribution in [-0.4, -0.2) is 65.2 Å². The van der Waals surface area contributed by atoms with Crippen molar-refractivity contribution in [2.45, 2.75) is 19.3 Å². The predicted molar refractivity (Wildman–Crippen MR) is 136 cm³/mol. The van der Waals surface area contributed by atoms with Crippen molar-refractivity contribution in [3.8, 4) is 0 Å². The van der Waals surface area contributed by atoms with Crippen LogP contribution in [0.2, 0.25) is 0 Å². The van der Waals surface area contributed by atoms with Crippen LogP contribution in [0.1, 0.15) is 35.5 Å². The highest BCUT2D eigenvalue weighted by molar-refractivity contribution is 9.10. The molecule has 0 aliphatic carbocycles. The summed E-state index contributed by atoms with van der Waals surface area (Å²) in [6, 6.07) is 11.9. The molecule has 0 radical (unpaired) electrons. The number of carbonyl (C=O) groups excluding carboxylic acids is 1. The molecule has 1 amide bonds. The van der Waals surface area contributed by atoms with Crippen molar-refractivity contribution in [3.05, 3.63) is 69.3 Å². The standard InChI is InChI=1S/C24H28BrN5O2S/c1-24(2,18-4-6-19(25)7-5-18)20-16-33-23(27-20)28-22(32)17-3-8-21(26-15-17)30-11-9-29(10-12-30)13-14-31/h3-8,15-16,31H,9-14H2,1-2H3,(H,27,28,32). The number of hydrogen-bond acceptors (Lipinski definition) is 7. The minimum atomic E-state index is -0.273. The van der Waals surface area contributed by atoms with Gasteiger partial charge in [-0.2, -0.15) is 0 Å². The molecule has 1 aromatic carbocycles. The molecule has 0 saturated carbocycles. The molecule has 3 aromatic rings. The summed E-state index contributed by atoms with van der Waals surface area (Å²) in [6.45, 7) is 8.65. The summed E-state index contributed by atoms with van der Waals surface area (Å²) in [7, 11) is 0. The molecule has 1 fully saturated rings. The van der Waals surface area contributed by atoms with Gasteiger partial charge in [-0.15, -0.1) is 11.3 Å². The smallest absolute Gasteiger partial charge is 0.259 e. The number of nitrogens with one attached hydrogen (secondary N) is 1. The molecule has 0 atom stereocenters. The highest BCUT2D eigenvalue weighted by Crippen LogP contribution is 2.34. The molecule has 1 saturated heterocycles. The number of carbonyl (C=O) groups is 1. The second-order valence-corrected chi connectivity index (χ2v) is 10.4. The minimum absolute atomic E-state index is 0.185. The van der Waals surface area contributed by atoms with E-state index >= 15 is 0 Å². The SMILES string of the molecule is CC(C)(c1ccc(Br)cc1)c1csc(NC(=O)c2ccc(N3CCN(CCO)CC3)nc2)n1. The van der Waals surface area contributed by atoms with Crippen LogP contribution in [-0.2, 0) is 5.41 Å². The van der Waals surface area contributed by atoms with E-state index in [1.807, 2.05) is 23.6 Å². The molecule has 33 heavy (non-hydrogen) atoms. The highest BCUT2D eigenvalue weighted by Gasteiger charge is 2.26. The maximum atomic E-state index is 12.7. The third kappa shape index (κ3) is 5.60. The van der Waals surface area contributed by atoms with Gasteiger partial charge in [0.05, 0.1) is 17.9 Å². The maximum absolute atomic E-state index is 12.7. The van der Waals surface area contributed by atoms with Crippen LogP contribution < -0.4 is 10.2 Å². The van der Waals surface area contributed by atoms with Crippen LogP contribution in [0.4, 0.5) is 10.9 Å². The highest BCUT2D eigenvalue weighted by atomic mass is 79.9. The number of aromatic nitrogens is 2. The fourth-order valence-electron chi connectivity index (χ4n) is 3.85. The van der Waals surface area contributed by atoms with Gasteiger partial charge < -0.3 is 10.0 Å². The van der Waals surface area contributed by atoms with Gasteiger partial charge in [0.2, 0.25) is 0 Å². The molecule has 2 N–H and O–H groups in total. The molecule has 174 valence electrons. The fourth-order valence-corrected chi connectivity index (χ4v) is 4.99. The molecular formula is C24H28BrN5O2S. The quantitative estimate of drug-likeness (QED) is 0.481. The molecule has 0 spiro atoms. The lowest BCUT2D eigenvalue weighted by molar-refractivity contribution is 0.102. The zero-order valence-corrected chi connectivity index (χ0v) is 21.2. The topological polar surface area (TPSA) is 81.6 Å². The number of nitrogens with zero attached hydrogens (tertiary/aromatic N) is 4. The lowest BCUT2D eigenvalue weighted by atomic mass is 9.82. The van der Waals surface area contributed by atoms with Gasteiger partial charge in [0.25, 0.3) is 5.91 Å². The van der Waals surface area contributed by atoms with Crippen LogP contribution in [0, 0.1) is 0 Å². The van der Waals surface area contributed by atoms with E-state index < -0.39 is 0 Å². The van der Waals surface area contributed by atoms with Crippen LogP contribution in [0.5, 0.6) is 0 Å². The van der Waals surface area contributed by atoms with Crippen LogP contribution in [0.25, 0.3) is 0 Å². The number of pyridine rings is 1. The Bertz CT molecular complexity index is 1080. The van der Waals surface area contributed by atoms with Gasteiger partial charge in [0.15, 0.2) is 5.13 Å². The summed E-state index contributed by atoms with van der Waals surface area (Å²) in [5.41, 5.74) is 2.30. The van der Waals surface area contributed by atoms with E-state index in [4.69, 9.17) is 5.11 Å². The van der Waals surface area contributed by atoms with Crippen LogP contribution in [0.3, 0.4) is 0 Å². The van der Waals surface area contributed by atoms with Crippen molar-refractivity contribution in [2.75, 3.05) is 49.5 Å². The number of amides is 1. The summed E-state index contributed by atoms with van der Waals surface area (Å²) in [6.07, 6.45) is 1.62. The number of β-amino-alcohol motifs (C(OH)–C–C–N with tert-alkyl or cyclic N) is 1. The number of anilines is 2. The molecule has 0 bridgehead atoms. The average Bonchev–Trinajstić information content (AvgIpc) is 3.30. The molecule has 4 rings (SSSR count). The van der Waals surface area contributed by atoms with Gasteiger partial charge in [-0.25, -0.2) is 9.97 Å². The van der Waals surface area contributed by atoms with Crippen LogP contribution in [0.15, 0.2) is 52.4 Å². The summed E-state index contributed by atoms with van der Waals surface area (Å²) in [5, 5.41) is 14.6. The Morgan fingerprint density at radius 3 is 2.52 bits per heavy atom. The number of rotatable bonds is 7. The first-order chi connectivity index (χ1) is 15.9. The zero-order valence-electron chi connectivity index (χ0n) is 18.8. The third-order valence-corrected chi connectivity index (χ3v) is 7.34. The number of aliphatic hydroxyl groups excluding tert-OH is 1. The monoisotopic (exact) mass is 529 g/mol. The van der Waals surface area contributed by atoms with Crippen molar-refractivity contribution in [2.24, 2.45) is 0 Å². The fraction of sp³-hybridized carbons (Fsp3) is 0.375. The van der Waals surface area contributed by atoms with Crippen LogP contribution >= 0.6 is 27.3 Å². The molecule has 1 aliphatic rings. The Morgan fingerprint density at radius 1 is 1.15 bits per heavy atom. The number of hydrogen-bond donors (Lipinski definition) is 2. The summed E-state index contributed by atoms with van der Waals surface area (Å²) < 4.78 is 1.04. The molecule has 1 aliphatic heterocycles. The Balaban J connectivity index is 1.38. The number of thiazole rings is 1. The van der Waals surface area contributed by atoms with Gasteiger partial charge in [-0.3, -0.25) is 15.0 Å². The summed E-state index contributed by atoms with van der Waals surface area (Å²) in [5.74, 6) is 0.646. The van der Waals surface area contributed by atoms with Crippen molar-refractivity contribution in [3.63, 3.8) is 0 Å². The van der Waals surface area contributed by atoms with E-state index in [1.165, 1.54) is 11.3 Å². The summed E-state index contributed by atoms with van der Waals surface area (Å²) >= 11 is 4.90. The Kier molecular flexibility index (Phi) is 7.43. The van der Waals surface area contributed by atoms with Gasteiger partial charge in [0, 0.05) is 54.2 Å². The average molecular weight is 530 g/mol. The number of piperazine rings is 1. The van der Waals surface area contributed by atoms with Crippen molar-refractivity contribution in [1.29, 1.82) is 0 Å². The molecule has 7 nitrogen and oxygen atoms in total. The Morgan fingerprint density at radius 2 is 1.88 bits per heavy atom. The van der Waals surface area contributed by atoms with Gasteiger partial charge >= 0.3 is 0 Å².